The van der Waals surface area contributed by atoms with Gasteiger partial charge in [-0.05, 0) is 36.4 Å². The Balaban J connectivity index is 1.77. The Bertz CT molecular complexity index is 851. The van der Waals surface area contributed by atoms with Crippen molar-refractivity contribution in [3.05, 3.63) is 76.5 Å². The number of anilines is 3. The third kappa shape index (κ3) is 4.22. The molecule has 2 N–H and O–H groups in total. The molecule has 0 saturated heterocycles. The van der Waals surface area contributed by atoms with Gasteiger partial charge in [-0.3, -0.25) is 4.79 Å². The molecule has 0 aliphatic rings. The quantitative estimate of drug-likeness (QED) is 0.704. The largest absolute Gasteiger partial charge is 0.324 e. The number of nitrogens with one attached hydrogen (secondary N) is 2. The molecule has 0 spiro atoms. The fourth-order valence-corrected chi connectivity index (χ4v) is 2.54. The van der Waals surface area contributed by atoms with Crippen molar-refractivity contribution in [1.29, 1.82) is 0 Å². The molecule has 2 aromatic carbocycles. The zero-order chi connectivity index (χ0) is 16.9. The topological polar surface area (TPSA) is 66.9 Å². The fraction of sp³-hybridized carbons (Fsp3) is 0. The summed E-state index contributed by atoms with van der Waals surface area (Å²) in [6.07, 6.45) is 1.50. The molecule has 24 heavy (non-hydrogen) atoms. The standard InChI is InChI=1S/C17H12Cl2N4O/c18-11-8-12(19)10-14(9-11)22-17-20-7-6-15(23-17)16(24)21-13-4-2-1-3-5-13/h1-10H,(H,21,24)(H,20,22,23). The van der Waals surface area contributed by atoms with Gasteiger partial charge in [0.25, 0.3) is 5.91 Å². The number of halogens is 2. The molecule has 0 atom stereocenters. The summed E-state index contributed by atoms with van der Waals surface area (Å²) in [5.74, 6) is -0.0511. The molecule has 0 unspecified atom stereocenters. The summed E-state index contributed by atoms with van der Waals surface area (Å²) < 4.78 is 0. The second-order valence-electron chi connectivity index (χ2n) is 4.87. The van der Waals surface area contributed by atoms with Crippen LogP contribution in [0.3, 0.4) is 0 Å². The molecule has 1 amide bonds. The fourth-order valence-electron chi connectivity index (χ4n) is 2.02. The summed E-state index contributed by atoms with van der Waals surface area (Å²) in [5, 5.41) is 6.72. The molecule has 1 heterocycles. The predicted octanol–water partition coefficient (Wildman–Crippen LogP) is 4.78. The van der Waals surface area contributed by atoms with Gasteiger partial charge in [0.2, 0.25) is 5.95 Å². The zero-order valence-corrected chi connectivity index (χ0v) is 13.8. The lowest BCUT2D eigenvalue weighted by atomic mass is 10.3. The van der Waals surface area contributed by atoms with Crippen molar-refractivity contribution in [3.8, 4) is 0 Å². The van der Waals surface area contributed by atoms with E-state index in [-0.39, 0.29) is 17.5 Å². The minimum absolute atomic E-state index is 0.240. The molecule has 1 aromatic heterocycles. The SMILES string of the molecule is O=C(Nc1ccccc1)c1ccnc(Nc2cc(Cl)cc(Cl)c2)n1. The summed E-state index contributed by atoms with van der Waals surface area (Å²) in [5.41, 5.74) is 1.56. The molecule has 0 radical (unpaired) electrons. The van der Waals surface area contributed by atoms with Crippen molar-refractivity contribution in [2.45, 2.75) is 0 Å². The summed E-state index contributed by atoms with van der Waals surface area (Å²) in [7, 11) is 0. The number of hydrogen-bond donors (Lipinski definition) is 2. The van der Waals surface area contributed by atoms with E-state index in [2.05, 4.69) is 20.6 Å². The number of para-hydroxylation sites is 1. The van der Waals surface area contributed by atoms with E-state index in [1.165, 1.54) is 12.3 Å². The second-order valence-corrected chi connectivity index (χ2v) is 5.74. The van der Waals surface area contributed by atoms with Crippen molar-refractivity contribution >= 4 is 46.4 Å². The molecule has 3 aromatic rings. The highest BCUT2D eigenvalue weighted by Crippen LogP contribution is 2.24. The van der Waals surface area contributed by atoms with E-state index < -0.39 is 0 Å². The Kier molecular flexibility index (Phi) is 4.93. The lowest BCUT2D eigenvalue weighted by Gasteiger charge is -2.08. The van der Waals surface area contributed by atoms with Crippen LogP contribution in [0.5, 0.6) is 0 Å². The Hall–Kier alpha value is -2.63. The number of benzene rings is 2. The molecule has 3 rings (SSSR count). The van der Waals surface area contributed by atoms with Gasteiger partial charge in [0.05, 0.1) is 0 Å². The summed E-state index contributed by atoms with van der Waals surface area (Å²) in [6.45, 7) is 0. The molecule has 0 bridgehead atoms. The van der Waals surface area contributed by atoms with Crippen LogP contribution in [0, 0.1) is 0 Å². The predicted molar refractivity (Wildman–Crippen MR) is 96.2 cm³/mol. The Labute approximate surface area is 148 Å². The van der Waals surface area contributed by atoms with Crippen molar-refractivity contribution in [2.24, 2.45) is 0 Å². The Morgan fingerprint density at radius 3 is 2.33 bits per heavy atom. The summed E-state index contributed by atoms with van der Waals surface area (Å²) in [6, 6.07) is 15.7. The van der Waals surface area contributed by atoms with Gasteiger partial charge < -0.3 is 10.6 Å². The minimum atomic E-state index is -0.323. The van der Waals surface area contributed by atoms with E-state index >= 15 is 0 Å². The maximum atomic E-state index is 12.3. The molecule has 0 aliphatic heterocycles. The Morgan fingerprint density at radius 2 is 1.62 bits per heavy atom. The van der Waals surface area contributed by atoms with E-state index in [4.69, 9.17) is 23.2 Å². The number of carbonyl (C=O) groups is 1. The minimum Gasteiger partial charge on any atom is -0.324 e. The van der Waals surface area contributed by atoms with Crippen LogP contribution in [0.2, 0.25) is 10.0 Å². The van der Waals surface area contributed by atoms with Crippen LogP contribution >= 0.6 is 23.2 Å². The second kappa shape index (κ2) is 7.29. The van der Waals surface area contributed by atoms with E-state index in [0.29, 0.717) is 21.4 Å². The molecular formula is C17H12Cl2N4O. The van der Waals surface area contributed by atoms with Gasteiger partial charge in [-0.1, -0.05) is 41.4 Å². The molecule has 0 fully saturated rings. The van der Waals surface area contributed by atoms with Crippen molar-refractivity contribution in [1.82, 2.24) is 9.97 Å². The summed E-state index contributed by atoms with van der Waals surface area (Å²) >= 11 is 11.9. The first-order chi connectivity index (χ1) is 11.6. The van der Waals surface area contributed by atoms with Crippen LogP contribution < -0.4 is 10.6 Å². The molecular weight excluding hydrogens is 347 g/mol. The maximum Gasteiger partial charge on any atom is 0.274 e. The van der Waals surface area contributed by atoms with Gasteiger partial charge in [-0.25, -0.2) is 9.97 Å². The van der Waals surface area contributed by atoms with Gasteiger partial charge in [-0.15, -0.1) is 0 Å². The molecule has 0 saturated carbocycles. The molecule has 120 valence electrons. The molecule has 5 nitrogen and oxygen atoms in total. The van der Waals surface area contributed by atoms with Crippen molar-refractivity contribution in [3.63, 3.8) is 0 Å². The molecule has 7 heteroatoms. The van der Waals surface area contributed by atoms with E-state index in [9.17, 15) is 4.79 Å². The number of amides is 1. The number of rotatable bonds is 4. The van der Waals surface area contributed by atoms with Crippen LogP contribution in [0.15, 0.2) is 60.8 Å². The third-order valence-electron chi connectivity index (χ3n) is 3.04. The smallest absolute Gasteiger partial charge is 0.274 e. The van der Waals surface area contributed by atoms with Crippen LogP contribution in [-0.2, 0) is 0 Å². The monoisotopic (exact) mass is 358 g/mol. The number of carbonyl (C=O) groups excluding carboxylic acids is 1. The number of nitrogens with zero attached hydrogens (tertiary/aromatic N) is 2. The highest BCUT2D eigenvalue weighted by molar-refractivity contribution is 6.35. The van der Waals surface area contributed by atoms with Gasteiger partial charge in [0.1, 0.15) is 5.69 Å². The van der Waals surface area contributed by atoms with Gasteiger partial charge >= 0.3 is 0 Å². The first kappa shape index (κ1) is 16.2. The van der Waals surface area contributed by atoms with E-state index in [1.54, 1.807) is 30.3 Å². The average molecular weight is 359 g/mol. The lowest BCUT2D eigenvalue weighted by Crippen LogP contribution is -2.14. The van der Waals surface area contributed by atoms with Crippen molar-refractivity contribution < 1.29 is 4.79 Å². The van der Waals surface area contributed by atoms with Crippen molar-refractivity contribution in [2.75, 3.05) is 10.6 Å². The van der Waals surface area contributed by atoms with Crippen LogP contribution in [0.4, 0.5) is 17.3 Å². The lowest BCUT2D eigenvalue weighted by molar-refractivity contribution is 0.102. The van der Waals surface area contributed by atoms with Crippen LogP contribution in [0.25, 0.3) is 0 Å². The maximum absolute atomic E-state index is 12.3. The Morgan fingerprint density at radius 1 is 0.917 bits per heavy atom. The highest BCUT2D eigenvalue weighted by atomic mass is 35.5. The highest BCUT2D eigenvalue weighted by Gasteiger charge is 2.09. The van der Waals surface area contributed by atoms with Gasteiger partial charge in [0.15, 0.2) is 0 Å². The molecule has 0 aliphatic carbocycles. The normalized spacial score (nSPS) is 10.2. The zero-order valence-electron chi connectivity index (χ0n) is 12.3. The first-order valence-electron chi connectivity index (χ1n) is 7.03. The average Bonchev–Trinajstić information content (AvgIpc) is 2.55. The van der Waals surface area contributed by atoms with Gasteiger partial charge in [-0.2, -0.15) is 0 Å². The first-order valence-corrected chi connectivity index (χ1v) is 7.78. The van der Waals surface area contributed by atoms with E-state index in [1.807, 2.05) is 18.2 Å². The van der Waals surface area contributed by atoms with E-state index in [0.717, 1.165) is 0 Å². The van der Waals surface area contributed by atoms with Crippen LogP contribution in [0.1, 0.15) is 10.5 Å². The number of hydrogen-bond acceptors (Lipinski definition) is 4. The summed E-state index contributed by atoms with van der Waals surface area (Å²) in [4.78, 5) is 20.6. The third-order valence-corrected chi connectivity index (χ3v) is 3.48. The van der Waals surface area contributed by atoms with Gasteiger partial charge in [0, 0.05) is 27.6 Å². The number of aromatic nitrogens is 2. The van der Waals surface area contributed by atoms with Crippen LogP contribution in [-0.4, -0.2) is 15.9 Å².